The lowest BCUT2D eigenvalue weighted by Crippen LogP contribution is -2.57. The average Bonchev–Trinajstić information content (AvgIpc) is 2.83. The number of Topliss-reactive ketones (excluding diaryl/α,β-unsaturated/α-hetero) is 3. The summed E-state index contributed by atoms with van der Waals surface area (Å²) in [6.45, 7) is 24.5. The van der Waals surface area contributed by atoms with E-state index < -0.39 is 16.2 Å². The highest BCUT2D eigenvalue weighted by atomic mass is 16.5. The molecule has 0 radical (unpaired) electrons. The van der Waals surface area contributed by atoms with Gasteiger partial charge in [-0.2, -0.15) is 0 Å². The summed E-state index contributed by atoms with van der Waals surface area (Å²) in [6.07, 6.45) is 2.84. The molecule has 0 saturated heterocycles. The lowest BCUT2D eigenvalue weighted by Gasteiger charge is -2.59. The zero-order chi connectivity index (χ0) is 31.7. The Labute approximate surface area is 252 Å². The maximum atomic E-state index is 14.7. The summed E-state index contributed by atoms with van der Waals surface area (Å²) < 4.78 is 5.52. The number of hydrogen-bond donors (Lipinski definition) is 0. The molecule has 0 heterocycles. The predicted octanol–water partition coefficient (Wildman–Crippen LogP) is 8.00. The van der Waals surface area contributed by atoms with E-state index in [1.54, 1.807) is 0 Å². The number of rotatable bonds is 6. The zero-order valence-corrected chi connectivity index (χ0v) is 27.9. The quantitative estimate of drug-likeness (QED) is 0.254. The van der Waals surface area contributed by atoms with Crippen LogP contribution >= 0.6 is 0 Å². The second kappa shape index (κ2) is 10.4. The Morgan fingerprint density at radius 1 is 1.02 bits per heavy atom. The maximum absolute atomic E-state index is 14.7. The van der Waals surface area contributed by atoms with Gasteiger partial charge in [0, 0.05) is 23.0 Å². The van der Waals surface area contributed by atoms with Crippen LogP contribution in [0.3, 0.4) is 0 Å². The SMILES string of the molecule is CC(=O)C1=C(C)CC2(C)CC3(C)Cc4c(C(C)C)cc(CCC(=O)OCC(C)(C)C)c(C)c4C(=O)C3=C(C)C2(C)C1=O. The fourth-order valence-electron chi connectivity index (χ4n) is 8.45. The molecule has 1 aromatic rings. The number of esters is 1. The molecule has 0 aliphatic heterocycles. The van der Waals surface area contributed by atoms with Crippen molar-refractivity contribution >= 4 is 23.3 Å². The van der Waals surface area contributed by atoms with Crippen LogP contribution in [-0.2, 0) is 32.0 Å². The van der Waals surface area contributed by atoms with Gasteiger partial charge in [0.1, 0.15) is 0 Å². The fourth-order valence-corrected chi connectivity index (χ4v) is 8.45. The normalized spacial score (nSPS) is 27.6. The zero-order valence-electron chi connectivity index (χ0n) is 27.9. The van der Waals surface area contributed by atoms with Crippen molar-refractivity contribution < 1.29 is 23.9 Å². The summed E-state index contributed by atoms with van der Waals surface area (Å²) in [5.41, 5.74) is 5.77. The molecule has 3 aliphatic carbocycles. The molecular weight excluding hydrogens is 524 g/mol. The van der Waals surface area contributed by atoms with E-state index in [1.165, 1.54) is 6.92 Å². The summed E-state index contributed by atoms with van der Waals surface area (Å²) in [6, 6.07) is 2.21. The van der Waals surface area contributed by atoms with Gasteiger partial charge in [0.15, 0.2) is 17.3 Å². The predicted molar refractivity (Wildman–Crippen MR) is 167 cm³/mol. The van der Waals surface area contributed by atoms with Gasteiger partial charge in [0.25, 0.3) is 0 Å². The minimum absolute atomic E-state index is 0.000431. The first-order valence-electron chi connectivity index (χ1n) is 15.5. The highest BCUT2D eigenvalue weighted by Gasteiger charge is 2.63. The third-order valence-electron chi connectivity index (χ3n) is 10.6. The Hall–Kier alpha value is -2.82. The smallest absolute Gasteiger partial charge is 0.306 e. The highest BCUT2D eigenvalue weighted by Crippen LogP contribution is 2.66. The second-order valence-electron chi connectivity index (χ2n) is 15.6. The fraction of sp³-hybridized carbons (Fsp3) is 0.622. The van der Waals surface area contributed by atoms with Gasteiger partial charge in [-0.1, -0.05) is 65.7 Å². The number of aryl methyl sites for hydroxylation is 1. The average molecular weight is 575 g/mol. The molecule has 5 nitrogen and oxygen atoms in total. The first kappa shape index (κ1) is 32.1. The van der Waals surface area contributed by atoms with Gasteiger partial charge in [-0.25, -0.2) is 0 Å². The van der Waals surface area contributed by atoms with Gasteiger partial charge in [-0.15, -0.1) is 0 Å². The van der Waals surface area contributed by atoms with E-state index in [4.69, 9.17) is 4.74 Å². The van der Waals surface area contributed by atoms with Crippen LogP contribution in [0.15, 0.2) is 28.4 Å². The van der Waals surface area contributed by atoms with Crippen molar-refractivity contribution in [2.45, 2.75) is 121 Å². The molecule has 0 amide bonds. The van der Waals surface area contributed by atoms with Gasteiger partial charge in [-0.05, 0) is 99.3 Å². The molecule has 0 fully saturated rings. The van der Waals surface area contributed by atoms with E-state index >= 15 is 0 Å². The van der Waals surface area contributed by atoms with Crippen molar-refractivity contribution in [1.29, 1.82) is 0 Å². The summed E-state index contributed by atoms with van der Waals surface area (Å²) in [5, 5.41) is 0. The lowest BCUT2D eigenvalue weighted by atomic mass is 9.42. The molecule has 3 atom stereocenters. The second-order valence-corrected chi connectivity index (χ2v) is 15.6. The van der Waals surface area contributed by atoms with Crippen LogP contribution in [0.5, 0.6) is 0 Å². The molecule has 42 heavy (non-hydrogen) atoms. The first-order chi connectivity index (χ1) is 19.2. The molecule has 0 N–H and O–H groups in total. The first-order valence-corrected chi connectivity index (χ1v) is 15.5. The molecule has 4 rings (SSSR count). The summed E-state index contributed by atoms with van der Waals surface area (Å²) in [5.74, 6) is -0.368. The Morgan fingerprint density at radius 2 is 1.64 bits per heavy atom. The van der Waals surface area contributed by atoms with E-state index in [9.17, 15) is 19.2 Å². The van der Waals surface area contributed by atoms with Crippen molar-refractivity contribution in [3.63, 3.8) is 0 Å². The van der Waals surface area contributed by atoms with Gasteiger partial charge in [-0.3, -0.25) is 19.2 Å². The minimum Gasteiger partial charge on any atom is -0.465 e. The van der Waals surface area contributed by atoms with Gasteiger partial charge in [0.2, 0.25) is 0 Å². The summed E-state index contributed by atoms with van der Waals surface area (Å²) in [4.78, 5) is 54.1. The lowest BCUT2D eigenvalue weighted by molar-refractivity contribution is -0.146. The standard InChI is InChI=1S/C37H50O5/c1-20(2)26-15-25(13-14-28(39)42-19-34(7,8)9)22(4)30-27(26)17-35(10)18-36(11)16-21(3)29(24(6)38)33(41)37(36,12)23(5)31(35)32(30)40/h15,20H,13-14,16-19H2,1-12H3. The molecule has 5 heteroatoms. The molecule has 0 aromatic heterocycles. The van der Waals surface area contributed by atoms with Crippen molar-refractivity contribution in [3.8, 4) is 0 Å². The molecule has 0 saturated carbocycles. The molecule has 0 bridgehead atoms. The van der Waals surface area contributed by atoms with E-state index in [0.717, 1.165) is 51.0 Å². The van der Waals surface area contributed by atoms with Crippen LogP contribution in [0.1, 0.15) is 134 Å². The third-order valence-corrected chi connectivity index (χ3v) is 10.6. The summed E-state index contributed by atoms with van der Waals surface area (Å²) >= 11 is 0. The van der Waals surface area contributed by atoms with Crippen LogP contribution < -0.4 is 0 Å². The topological polar surface area (TPSA) is 77.5 Å². The highest BCUT2D eigenvalue weighted by molar-refractivity contribution is 6.24. The van der Waals surface area contributed by atoms with Crippen LogP contribution in [0, 0.1) is 28.6 Å². The molecular formula is C37H50O5. The number of benzene rings is 1. The van der Waals surface area contributed by atoms with Crippen LogP contribution in [0.4, 0.5) is 0 Å². The number of fused-ring (bicyclic) bond motifs is 3. The van der Waals surface area contributed by atoms with Crippen molar-refractivity contribution in [3.05, 3.63) is 56.2 Å². The van der Waals surface area contributed by atoms with Crippen LogP contribution in [-0.4, -0.2) is 29.9 Å². The number of ketones is 3. The number of carbonyl (C=O) groups is 4. The van der Waals surface area contributed by atoms with Crippen LogP contribution in [0.2, 0.25) is 0 Å². The van der Waals surface area contributed by atoms with E-state index in [2.05, 4.69) is 33.8 Å². The van der Waals surface area contributed by atoms with Crippen molar-refractivity contribution in [1.82, 2.24) is 0 Å². The van der Waals surface area contributed by atoms with Gasteiger partial charge < -0.3 is 4.74 Å². The number of allylic oxidation sites excluding steroid dienone is 4. The molecule has 228 valence electrons. The number of ether oxygens (including phenoxy) is 1. The van der Waals surface area contributed by atoms with Gasteiger partial charge in [0.05, 0.1) is 17.6 Å². The Kier molecular flexibility index (Phi) is 7.96. The van der Waals surface area contributed by atoms with Crippen LogP contribution in [0.25, 0.3) is 0 Å². The largest absolute Gasteiger partial charge is 0.465 e. The molecule has 1 aromatic carbocycles. The van der Waals surface area contributed by atoms with Gasteiger partial charge >= 0.3 is 5.97 Å². The number of carbonyl (C=O) groups excluding carboxylic acids is 4. The van der Waals surface area contributed by atoms with E-state index in [1.807, 2.05) is 48.5 Å². The number of hydrogen-bond acceptors (Lipinski definition) is 5. The van der Waals surface area contributed by atoms with Crippen molar-refractivity contribution in [2.24, 2.45) is 21.7 Å². The van der Waals surface area contributed by atoms with E-state index in [0.29, 0.717) is 31.4 Å². The third kappa shape index (κ3) is 4.95. The Morgan fingerprint density at radius 3 is 2.19 bits per heavy atom. The Balaban J connectivity index is 1.85. The molecule has 3 aliphatic rings. The minimum atomic E-state index is -0.932. The maximum Gasteiger partial charge on any atom is 0.306 e. The van der Waals surface area contributed by atoms with E-state index in [-0.39, 0.29) is 41.1 Å². The molecule has 0 spiro atoms. The van der Waals surface area contributed by atoms with Crippen molar-refractivity contribution in [2.75, 3.05) is 6.61 Å². The monoisotopic (exact) mass is 574 g/mol. The Bertz CT molecular complexity index is 1460. The molecule has 3 unspecified atom stereocenters. The summed E-state index contributed by atoms with van der Waals surface area (Å²) in [7, 11) is 0.